The summed E-state index contributed by atoms with van der Waals surface area (Å²) >= 11 is 0. The first-order valence-corrected chi connectivity index (χ1v) is 8.71. The second-order valence-corrected chi connectivity index (χ2v) is 7.93. The summed E-state index contributed by atoms with van der Waals surface area (Å²) in [7, 11) is 0. The molecule has 0 aliphatic heterocycles. The van der Waals surface area contributed by atoms with Gasteiger partial charge in [0.2, 0.25) is 11.7 Å². The number of nitrogens with one attached hydrogen (secondary N) is 1. The molecule has 0 bridgehead atoms. The molecule has 1 aromatic heterocycles. The summed E-state index contributed by atoms with van der Waals surface area (Å²) in [6, 6.07) is 6.88. The number of aliphatic hydroxyl groups excluding tert-OH is 1. The fraction of sp³-hybridized carbons (Fsp3) is 0.526. The van der Waals surface area contributed by atoms with Crippen LogP contribution in [0.5, 0.6) is 0 Å². The van der Waals surface area contributed by atoms with Crippen LogP contribution in [0, 0.1) is 5.41 Å². The minimum atomic E-state index is -0.275. The zero-order valence-corrected chi connectivity index (χ0v) is 15.0. The van der Waals surface area contributed by atoms with Crippen molar-refractivity contribution in [3.63, 3.8) is 0 Å². The summed E-state index contributed by atoms with van der Waals surface area (Å²) in [5.41, 5.74) is 1.29. The van der Waals surface area contributed by atoms with Crippen molar-refractivity contribution in [3.8, 4) is 11.4 Å². The topological polar surface area (TPSA) is 88.2 Å². The Labute approximate surface area is 147 Å². The monoisotopic (exact) mass is 343 g/mol. The van der Waals surface area contributed by atoms with E-state index in [-0.39, 0.29) is 24.0 Å². The van der Waals surface area contributed by atoms with Gasteiger partial charge in [-0.15, -0.1) is 0 Å². The average Bonchev–Trinajstić information content (AvgIpc) is 3.30. The number of hydrogen-bond acceptors (Lipinski definition) is 5. The van der Waals surface area contributed by atoms with Crippen LogP contribution in [0.1, 0.15) is 62.2 Å². The van der Waals surface area contributed by atoms with Gasteiger partial charge >= 0.3 is 0 Å². The minimum absolute atomic E-state index is 0.0202. The Bertz CT molecular complexity index is 744. The molecule has 1 saturated carbocycles. The maximum atomic E-state index is 12.5. The number of carbonyl (C=O) groups excluding carboxylic acids is 1. The predicted molar refractivity (Wildman–Crippen MR) is 94.1 cm³/mol. The average molecular weight is 343 g/mol. The van der Waals surface area contributed by atoms with Crippen molar-refractivity contribution in [1.82, 2.24) is 15.5 Å². The number of nitrogens with zero attached hydrogens (tertiary/aromatic N) is 2. The number of amides is 1. The summed E-state index contributed by atoms with van der Waals surface area (Å²) in [6.07, 6.45) is 2.89. The third-order valence-electron chi connectivity index (χ3n) is 4.17. The van der Waals surface area contributed by atoms with Crippen molar-refractivity contribution in [2.45, 2.75) is 52.0 Å². The van der Waals surface area contributed by atoms with Crippen LogP contribution in [-0.4, -0.2) is 33.8 Å². The molecule has 2 aromatic rings. The molecule has 1 amide bonds. The Kier molecular flexibility index (Phi) is 4.90. The predicted octanol–water partition coefficient (Wildman–Crippen LogP) is 3.14. The van der Waals surface area contributed by atoms with Crippen molar-refractivity contribution in [3.05, 3.63) is 35.7 Å². The molecule has 1 heterocycles. The third kappa shape index (κ3) is 4.66. The van der Waals surface area contributed by atoms with Gasteiger partial charge in [-0.25, -0.2) is 0 Å². The van der Waals surface area contributed by atoms with Crippen LogP contribution in [-0.2, 0) is 0 Å². The van der Waals surface area contributed by atoms with Gasteiger partial charge in [-0.2, -0.15) is 4.98 Å². The highest BCUT2D eigenvalue weighted by molar-refractivity contribution is 5.95. The van der Waals surface area contributed by atoms with Gasteiger partial charge in [-0.05, 0) is 36.8 Å². The van der Waals surface area contributed by atoms with E-state index >= 15 is 0 Å². The number of rotatable bonds is 6. The van der Waals surface area contributed by atoms with Gasteiger partial charge in [0.15, 0.2) is 0 Å². The van der Waals surface area contributed by atoms with Crippen molar-refractivity contribution in [2.75, 3.05) is 6.61 Å². The lowest BCUT2D eigenvalue weighted by molar-refractivity contribution is 0.0897. The molecule has 1 fully saturated rings. The van der Waals surface area contributed by atoms with Crippen LogP contribution < -0.4 is 5.32 Å². The second-order valence-electron chi connectivity index (χ2n) is 7.93. The largest absolute Gasteiger partial charge is 0.394 e. The molecule has 0 saturated heterocycles. The Morgan fingerprint density at radius 2 is 2.16 bits per heavy atom. The fourth-order valence-corrected chi connectivity index (χ4v) is 2.82. The number of carbonyl (C=O) groups is 1. The molecule has 6 nitrogen and oxygen atoms in total. The third-order valence-corrected chi connectivity index (χ3v) is 4.17. The van der Waals surface area contributed by atoms with E-state index in [1.54, 1.807) is 18.2 Å². The molecular weight excluding hydrogens is 318 g/mol. The van der Waals surface area contributed by atoms with Gasteiger partial charge in [-0.3, -0.25) is 4.79 Å². The highest BCUT2D eigenvalue weighted by Gasteiger charge is 2.30. The molecule has 1 aliphatic rings. The van der Waals surface area contributed by atoms with Gasteiger partial charge in [-0.1, -0.05) is 38.1 Å². The molecule has 1 atom stereocenters. The standard InChI is InChI=1S/C19H25N3O3/c1-19(2,3)10-15(11-23)20-17(24)14-6-4-5-13(9-14)16-21-18(25-22-16)12-7-8-12/h4-6,9,12,15,23H,7-8,10-11H2,1-3H3,(H,20,24). The van der Waals surface area contributed by atoms with Crippen LogP contribution >= 0.6 is 0 Å². The van der Waals surface area contributed by atoms with Crippen molar-refractivity contribution >= 4 is 5.91 Å². The zero-order valence-electron chi connectivity index (χ0n) is 15.0. The van der Waals surface area contributed by atoms with E-state index < -0.39 is 0 Å². The smallest absolute Gasteiger partial charge is 0.251 e. The molecule has 3 rings (SSSR count). The number of aromatic nitrogens is 2. The van der Waals surface area contributed by atoms with Gasteiger partial charge in [0.05, 0.1) is 12.6 Å². The van der Waals surface area contributed by atoms with E-state index in [1.807, 2.05) is 6.07 Å². The van der Waals surface area contributed by atoms with Crippen LogP contribution in [0.3, 0.4) is 0 Å². The van der Waals surface area contributed by atoms with E-state index in [2.05, 4.69) is 36.2 Å². The Balaban J connectivity index is 1.72. The molecule has 1 aromatic carbocycles. The molecule has 0 spiro atoms. The lowest BCUT2D eigenvalue weighted by atomic mass is 9.88. The molecule has 25 heavy (non-hydrogen) atoms. The molecule has 1 aliphatic carbocycles. The van der Waals surface area contributed by atoms with Crippen molar-refractivity contribution < 1.29 is 14.4 Å². The first-order chi connectivity index (χ1) is 11.9. The van der Waals surface area contributed by atoms with E-state index in [4.69, 9.17) is 4.52 Å². The fourth-order valence-electron chi connectivity index (χ4n) is 2.82. The minimum Gasteiger partial charge on any atom is -0.394 e. The summed E-state index contributed by atoms with van der Waals surface area (Å²) < 4.78 is 5.29. The summed E-state index contributed by atoms with van der Waals surface area (Å²) in [6.45, 7) is 6.15. The van der Waals surface area contributed by atoms with Crippen LogP contribution in [0.4, 0.5) is 0 Å². The molecule has 134 valence electrons. The van der Waals surface area contributed by atoms with Gasteiger partial charge < -0.3 is 14.9 Å². The Morgan fingerprint density at radius 3 is 2.80 bits per heavy atom. The Morgan fingerprint density at radius 1 is 1.40 bits per heavy atom. The SMILES string of the molecule is CC(C)(C)CC(CO)NC(=O)c1cccc(-c2noc(C3CC3)n2)c1. The molecule has 1 unspecified atom stereocenters. The first-order valence-electron chi connectivity index (χ1n) is 8.71. The quantitative estimate of drug-likeness (QED) is 0.841. The van der Waals surface area contributed by atoms with Crippen molar-refractivity contribution in [2.24, 2.45) is 5.41 Å². The van der Waals surface area contributed by atoms with E-state index in [0.717, 1.165) is 18.4 Å². The number of aliphatic hydroxyl groups is 1. The van der Waals surface area contributed by atoms with Crippen LogP contribution in [0.2, 0.25) is 0 Å². The summed E-state index contributed by atoms with van der Waals surface area (Å²) in [5.74, 6) is 1.37. The molecule has 2 N–H and O–H groups in total. The second kappa shape index (κ2) is 6.96. The summed E-state index contributed by atoms with van der Waals surface area (Å²) in [5, 5.41) is 16.4. The Hall–Kier alpha value is -2.21. The molecular formula is C19H25N3O3. The highest BCUT2D eigenvalue weighted by Crippen LogP contribution is 2.39. The number of benzene rings is 1. The normalized spacial score (nSPS) is 15.8. The van der Waals surface area contributed by atoms with Gasteiger partial charge in [0.1, 0.15) is 0 Å². The molecule has 6 heteroatoms. The lowest BCUT2D eigenvalue weighted by Crippen LogP contribution is -2.40. The maximum absolute atomic E-state index is 12.5. The maximum Gasteiger partial charge on any atom is 0.251 e. The molecule has 0 radical (unpaired) electrons. The van der Waals surface area contributed by atoms with Crippen LogP contribution in [0.15, 0.2) is 28.8 Å². The first kappa shape index (κ1) is 17.6. The van der Waals surface area contributed by atoms with Gasteiger partial charge in [0, 0.05) is 17.0 Å². The zero-order chi connectivity index (χ0) is 18.0. The van der Waals surface area contributed by atoms with Crippen LogP contribution in [0.25, 0.3) is 11.4 Å². The van der Waals surface area contributed by atoms with E-state index in [0.29, 0.717) is 29.6 Å². The van der Waals surface area contributed by atoms with Crippen molar-refractivity contribution in [1.29, 1.82) is 0 Å². The van der Waals surface area contributed by atoms with E-state index in [1.165, 1.54) is 0 Å². The van der Waals surface area contributed by atoms with E-state index in [9.17, 15) is 9.90 Å². The van der Waals surface area contributed by atoms with Gasteiger partial charge in [0.25, 0.3) is 5.91 Å². The number of hydrogen-bond donors (Lipinski definition) is 2. The summed E-state index contributed by atoms with van der Waals surface area (Å²) in [4.78, 5) is 16.9. The highest BCUT2D eigenvalue weighted by atomic mass is 16.5. The lowest BCUT2D eigenvalue weighted by Gasteiger charge is -2.25.